The lowest BCUT2D eigenvalue weighted by Gasteiger charge is -2.44. The zero-order valence-electron chi connectivity index (χ0n) is 10.1. The van der Waals surface area contributed by atoms with Gasteiger partial charge in [-0.15, -0.1) is 0 Å². The molecule has 2 heterocycles. The Bertz CT molecular complexity index is 203. The number of nitrogens with zero attached hydrogens (tertiary/aromatic N) is 3. The Morgan fingerprint density at radius 2 is 2.13 bits per heavy atom. The van der Waals surface area contributed by atoms with Gasteiger partial charge in [0.05, 0.1) is 26.7 Å². The van der Waals surface area contributed by atoms with Crippen molar-refractivity contribution in [2.75, 3.05) is 59.4 Å². The van der Waals surface area contributed by atoms with Crippen LogP contribution in [0.15, 0.2) is 0 Å². The molecule has 0 aromatic heterocycles. The van der Waals surface area contributed by atoms with E-state index in [9.17, 15) is 0 Å². The van der Waals surface area contributed by atoms with Crippen LogP contribution < -0.4 is 10.6 Å². The molecule has 2 unspecified atom stereocenters. The van der Waals surface area contributed by atoms with E-state index in [1.807, 2.05) is 0 Å². The van der Waals surface area contributed by atoms with Crippen LogP contribution in [0.25, 0.3) is 0 Å². The van der Waals surface area contributed by atoms with Gasteiger partial charge in [-0.05, 0) is 6.92 Å². The van der Waals surface area contributed by atoms with Crippen LogP contribution in [0.4, 0.5) is 0 Å². The Morgan fingerprint density at radius 1 is 1.40 bits per heavy atom. The standard InChI is InChI=1S/C11H24N4/c1-3-15(2)9-6-13-11(10-15)14-7-4-12-5-8-14/h11-12H,3-10H2,1-2H3/q+1. The second kappa shape index (κ2) is 4.78. The van der Waals surface area contributed by atoms with E-state index in [4.69, 9.17) is 5.32 Å². The van der Waals surface area contributed by atoms with Crippen LogP contribution in [-0.2, 0) is 0 Å². The maximum Gasteiger partial charge on any atom is 0.126 e. The van der Waals surface area contributed by atoms with Gasteiger partial charge < -0.3 is 9.80 Å². The van der Waals surface area contributed by atoms with Crippen LogP contribution in [0.5, 0.6) is 0 Å². The quantitative estimate of drug-likeness (QED) is 0.614. The average molecular weight is 212 g/mol. The summed E-state index contributed by atoms with van der Waals surface area (Å²) in [5.74, 6) is 0. The third kappa shape index (κ3) is 2.69. The Hall–Kier alpha value is -0.160. The van der Waals surface area contributed by atoms with E-state index >= 15 is 0 Å². The number of nitrogens with one attached hydrogen (secondary N) is 1. The molecule has 0 amide bonds. The smallest absolute Gasteiger partial charge is 0.126 e. The molecule has 15 heavy (non-hydrogen) atoms. The molecule has 0 aromatic rings. The normalized spacial score (nSPS) is 39.2. The number of rotatable bonds is 2. The Kier molecular flexibility index (Phi) is 3.61. The molecule has 2 aliphatic heterocycles. The van der Waals surface area contributed by atoms with Crippen LogP contribution in [0, 0.1) is 0 Å². The summed E-state index contributed by atoms with van der Waals surface area (Å²) in [4.78, 5) is 2.54. The molecular weight excluding hydrogens is 188 g/mol. The fourth-order valence-electron chi connectivity index (χ4n) is 2.49. The maximum atomic E-state index is 4.78. The molecule has 4 heteroatoms. The van der Waals surface area contributed by atoms with E-state index in [1.165, 1.54) is 24.1 Å². The van der Waals surface area contributed by atoms with Gasteiger partial charge in [0.25, 0.3) is 0 Å². The lowest BCUT2D eigenvalue weighted by Crippen LogP contribution is -2.64. The Morgan fingerprint density at radius 3 is 2.80 bits per heavy atom. The highest BCUT2D eigenvalue weighted by molar-refractivity contribution is 4.77. The fourth-order valence-corrected chi connectivity index (χ4v) is 2.49. The predicted molar refractivity (Wildman–Crippen MR) is 61.7 cm³/mol. The van der Waals surface area contributed by atoms with Gasteiger partial charge in [0.15, 0.2) is 0 Å². The van der Waals surface area contributed by atoms with Crippen LogP contribution in [-0.4, -0.2) is 75.0 Å². The maximum absolute atomic E-state index is 4.78. The second-order valence-electron chi connectivity index (χ2n) is 5.01. The highest BCUT2D eigenvalue weighted by Gasteiger charge is 2.34. The van der Waals surface area contributed by atoms with Gasteiger partial charge >= 0.3 is 0 Å². The lowest BCUT2D eigenvalue weighted by molar-refractivity contribution is -0.913. The summed E-state index contributed by atoms with van der Waals surface area (Å²) in [7, 11) is 2.36. The van der Waals surface area contributed by atoms with Crippen molar-refractivity contribution in [2.24, 2.45) is 0 Å². The van der Waals surface area contributed by atoms with Gasteiger partial charge in [0, 0.05) is 26.2 Å². The van der Waals surface area contributed by atoms with Crippen molar-refractivity contribution < 1.29 is 4.48 Å². The summed E-state index contributed by atoms with van der Waals surface area (Å²) in [6.45, 7) is 11.6. The molecule has 2 saturated heterocycles. The Balaban J connectivity index is 1.91. The van der Waals surface area contributed by atoms with Crippen molar-refractivity contribution in [3.05, 3.63) is 0 Å². The molecule has 2 atom stereocenters. The molecule has 2 aliphatic rings. The topological polar surface area (TPSA) is 29.4 Å². The molecule has 0 bridgehead atoms. The summed E-state index contributed by atoms with van der Waals surface area (Å²) in [5, 5.41) is 8.18. The van der Waals surface area contributed by atoms with Gasteiger partial charge in [0.2, 0.25) is 0 Å². The zero-order valence-corrected chi connectivity index (χ0v) is 10.1. The molecule has 0 saturated carbocycles. The van der Waals surface area contributed by atoms with E-state index in [2.05, 4.69) is 24.2 Å². The summed E-state index contributed by atoms with van der Waals surface area (Å²) in [6.07, 6.45) is 0.478. The van der Waals surface area contributed by atoms with E-state index in [-0.39, 0.29) is 0 Å². The third-order valence-corrected chi connectivity index (χ3v) is 3.92. The molecular formula is C11H24N4+. The highest BCUT2D eigenvalue weighted by atomic mass is 15.4. The number of likely N-dealkylation sites (N-methyl/N-ethyl adjacent to an activating group) is 1. The van der Waals surface area contributed by atoms with E-state index in [0.717, 1.165) is 32.7 Å². The first-order valence-corrected chi connectivity index (χ1v) is 6.18. The summed E-state index contributed by atoms with van der Waals surface area (Å²) in [6, 6.07) is 0. The minimum absolute atomic E-state index is 0.478. The second-order valence-corrected chi connectivity index (χ2v) is 5.01. The molecule has 4 nitrogen and oxygen atoms in total. The van der Waals surface area contributed by atoms with Gasteiger partial charge in [-0.25, -0.2) is 5.32 Å². The summed E-state index contributed by atoms with van der Waals surface area (Å²) >= 11 is 0. The molecule has 0 spiro atoms. The van der Waals surface area contributed by atoms with Crippen LogP contribution in [0.3, 0.4) is 0 Å². The van der Waals surface area contributed by atoms with Crippen LogP contribution in [0.1, 0.15) is 6.92 Å². The summed E-state index contributed by atoms with van der Waals surface area (Å²) < 4.78 is 1.19. The first-order chi connectivity index (χ1) is 7.23. The van der Waals surface area contributed by atoms with Crippen molar-refractivity contribution in [1.29, 1.82) is 0 Å². The molecule has 2 rings (SSSR count). The number of quaternary nitrogens is 1. The fraction of sp³-hybridized carbons (Fsp3) is 1.00. The number of hydrogen-bond donors (Lipinski definition) is 1. The van der Waals surface area contributed by atoms with E-state index < -0.39 is 0 Å². The lowest BCUT2D eigenvalue weighted by atomic mass is 10.2. The van der Waals surface area contributed by atoms with Crippen molar-refractivity contribution in [2.45, 2.75) is 13.1 Å². The first kappa shape index (κ1) is 11.3. The van der Waals surface area contributed by atoms with Gasteiger partial charge in [-0.2, -0.15) is 0 Å². The third-order valence-electron chi connectivity index (χ3n) is 3.92. The highest BCUT2D eigenvalue weighted by Crippen LogP contribution is 2.12. The molecule has 0 aromatic carbocycles. The minimum Gasteiger partial charge on any atom is -0.323 e. The van der Waals surface area contributed by atoms with Crippen molar-refractivity contribution in [1.82, 2.24) is 15.5 Å². The number of hydrogen-bond acceptors (Lipinski definition) is 2. The SMILES string of the molecule is CC[N+]1(C)CC[N]C(N2CCNCC2)C1. The van der Waals surface area contributed by atoms with Crippen molar-refractivity contribution >= 4 is 0 Å². The minimum atomic E-state index is 0.478. The van der Waals surface area contributed by atoms with Crippen molar-refractivity contribution in [3.63, 3.8) is 0 Å². The van der Waals surface area contributed by atoms with Gasteiger partial charge in [0.1, 0.15) is 12.7 Å². The summed E-state index contributed by atoms with van der Waals surface area (Å²) in [5.41, 5.74) is 0. The predicted octanol–water partition coefficient (Wildman–Crippen LogP) is -0.698. The van der Waals surface area contributed by atoms with Crippen LogP contribution >= 0.6 is 0 Å². The number of piperazine rings is 2. The molecule has 87 valence electrons. The van der Waals surface area contributed by atoms with Crippen LogP contribution in [0.2, 0.25) is 0 Å². The van der Waals surface area contributed by atoms with E-state index in [0.29, 0.717) is 6.17 Å². The molecule has 1 N–H and O–H groups in total. The first-order valence-electron chi connectivity index (χ1n) is 6.18. The van der Waals surface area contributed by atoms with E-state index in [1.54, 1.807) is 0 Å². The van der Waals surface area contributed by atoms with Crippen molar-refractivity contribution in [3.8, 4) is 0 Å². The molecule has 2 fully saturated rings. The zero-order chi connectivity index (χ0) is 10.7. The molecule has 0 aliphatic carbocycles. The largest absolute Gasteiger partial charge is 0.323 e. The molecule has 1 radical (unpaired) electrons. The van der Waals surface area contributed by atoms with Gasteiger partial charge in [-0.1, -0.05) is 0 Å². The van der Waals surface area contributed by atoms with Gasteiger partial charge in [-0.3, -0.25) is 4.90 Å². The Labute approximate surface area is 93.2 Å². The monoisotopic (exact) mass is 212 g/mol. The average Bonchev–Trinajstić information content (AvgIpc) is 2.30.